The summed E-state index contributed by atoms with van der Waals surface area (Å²) in [6.45, 7) is 13.2. The van der Waals surface area contributed by atoms with Crippen LogP contribution in [0.3, 0.4) is 0 Å². The van der Waals surface area contributed by atoms with E-state index in [1.807, 2.05) is 18.2 Å². The molecular weight excluding hydrogens is 476 g/mol. The van der Waals surface area contributed by atoms with Gasteiger partial charge in [-0.3, -0.25) is 9.97 Å². The number of sulfone groups is 1. The first-order valence-corrected chi connectivity index (χ1v) is 15.4. The van der Waals surface area contributed by atoms with Gasteiger partial charge >= 0.3 is 0 Å². The molecule has 0 saturated heterocycles. The second-order valence-electron chi connectivity index (χ2n) is 11.5. The van der Waals surface area contributed by atoms with E-state index in [0.717, 1.165) is 23.9 Å². The topological polar surface area (TPSA) is 59.9 Å². The van der Waals surface area contributed by atoms with Crippen LogP contribution in [0.25, 0.3) is 11.0 Å². The van der Waals surface area contributed by atoms with Gasteiger partial charge in [0.15, 0.2) is 9.84 Å². The fourth-order valence-corrected chi connectivity index (χ4v) is 7.30. The molecule has 0 aliphatic heterocycles. The van der Waals surface area contributed by atoms with Gasteiger partial charge < -0.3 is 0 Å². The summed E-state index contributed by atoms with van der Waals surface area (Å²) in [7, 11) is -3.25. The van der Waals surface area contributed by atoms with E-state index >= 15 is 0 Å². The first-order chi connectivity index (χ1) is 17.6. The highest BCUT2D eigenvalue weighted by molar-refractivity contribution is 7.93. The Bertz CT molecular complexity index is 1350. The Morgan fingerprint density at radius 1 is 0.730 bits per heavy atom. The first kappa shape index (κ1) is 27.5. The maximum absolute atomic E-state index is 13.3. The van der Waals surface area contributed by atoms with E-state index in [-0.39, 0.29) is 0 Å². The lowest BCUT2D eigenvalue weighted by Crippen LogP contribution is -2.31. The molecule has 0 saturated carbocycles. The Balaban J connectivity index is 1.37. The van der Waals surface area contributed by atoms with Crippen molar-refractivity contribution < 1.29 is 8.42 Å². The summed E-state index contributed by atoms with van der Waals surface area (Å²) in [5.41, 5.74) is 7.02. The van der Waals surface area contributed by atoms with Gasteiger partial charge in [-0.2, -0.15) is 0 Å². The third-order valence-corrected chi connectivity index (χ3v) is 10.5. The summed E-state index contributed by atoms with van der Waals surface area (Å²) in [6, 6.07) is 4.45. The van der Waals surface area contributed by atoms with Gasteiger partial charge in [-0.1, -0.05) is 90.1 Å². The smallest absolute Gasteiger partial charge is 0.163 e. The van der Waals surface area contributed by atoms with E-state index in [9.17, 15) is 8.42 Å². The molecule has 0 spiro atoms. The molecule has 0 fully saturated rings. The van der Waals surface area contributed by atoms with Crippen LogP contribution in [-0.2, 0) is 9.84 Å². The van der Waals surface area contributed by atoms with Crippen molar-refractivity contribution in [3.8, 4) is 0 Å². The molecular formula is C32H42N2O2S. The molecule has 4 unspecified atom stereocenters. The van der Waals surface area contributed by atoms with Gasteiger partial charge in [-0.25, -0.2) is 8.42 Å². The maximum atomic E-state index is 13.3. The Labute approximate surface area is 223 Å². The van der Waals surface area contributed by atoms with Gasteiger partial charge in [0.2, 0.25) is 0 Å². The molecule has 198 valence electrons. The second kappa shape index (κ2) is 11.5. The highest BCUT2D eigenvalue weighted by Gasteiger charge is 2.32. The van der Waals surface area contributed by atoms with E-state index in [1.54, 1.807) is 12.4 Å². The lowest BCUT2D eigenvalue weighted by atomic mass is 9.86. The molecule has 4 rings (SSSR count). The normalized spacial score (nSPS) is 21.8. The summed E-state index contributed by atoms with van der Waals surface area (Å²) in [4.78, 5) is 9.34. The first-order valence-electron chi connectivity index (χ1n) is 13.8. The molecule has 37 heavy (non-hydrogen) atoms. The summed E-state index contributed by atoms with van der Waals surface area (Å²) < 4.78 is 26.5. The van der Waals surface area contributed by atoms with Crippen molar-refractivity contribution in [3.63, 3.8) is 0 Å². The highest BCUT2D eigenvalue weighted by Crippen LogP contribution is 2.34. The van der Waals surface area contributed by atoms with Crippen molar-refractivity contribution in [2.75, 3.05) is 0 Å². The van der Waals surface area contributed by atoms with Gasteiger partial charge in [-0.05, 0) is 71.6 Å². The standard InChI is InChI=1S/C32H42N2O2S/c1-21(2)25-9-13-27(14-10-25)37(35,36)28-15-11-26(12-16-28)23(5)7-8-24(6)30-18-17-29(22(3)4)31-32(30)34-20-19-33-31/h9-13,15,17-24,27-28H,7-8,14,16H2,1-6H3. The van der Waals surface area contributed by atoms with E-state index < -0.39 is 20.3 Å². The molecule has 0 amide bonds. The molecule has 0 radical (unpaired) electrons. The number of nitrogens with zero attached hydrogens (tertiary/aromatic N) is 2. The van der Waals surface area contributed by atoms with E-state index in [0.29, 0.717) is 36.5 Å². The lowest BCUT2D eigenvalue weighted by molar-refractivity contribution is 0.539. The predicted octanol–water partition coefficient (Wildman–Crippen LogP) is 7.85. The maximum Gasteiger partial charge on any atom is 0.163 e. The van der Waals surface area contributed by atoms with Crippen LogP contribution < -0.4 is 0 Å². The Hall–Kier alpha value is -2.53. The molecule has 1 aromatic heterocycles. The van der Waals surface area contributed by atoms with Gasteiger partial charge in [-0.15, -0.1) is 0 Å². The SMILES string of the molecule is CC(C)C1=CCC(S(=O)(=O)C2C=CC(C(C)CCC(C)c3ccc(C(C)C)c4nccnc34)=CC2)C=C1. The largest absolute Gasteiger partial charge is 0.253 e. The third kappa shape index (κ3) is 5.98. The van der Waals surface area contributed by atoms with Crippen molar-refractivity contribution >= 4 is 20.9 Å². The molecule has 2 aromatic rings. The number of aromatic nitrogens is 2. The van der Waals surface area contributed by atoms with E-state index in [1.165, 1.54) is 22.3 Å². The average molecular weight is 519 g/mol. The summed E-state index contributed by atoms with van der Waals surface area (Å²) >= 11 is 0. The van der Waals surface area contributed by atoms with E-state index in [4.69, 9.17) is 4.98 Å². The van der Waals surface area contributed by atoms with Crippen LogP contribution in [0.5, 0.6) is 0 Å². The minimum atomic E-state index is -3.25. The van der Waals surface area contributed by atoms with Gasteiger partial charge in [0.05, 0.1) is 21.5 Å². The summed E-state index contributed by atoms with van der Waals surface area (Å²) in [6.07, 6.45) is 18.9. The van der Waals surface area contributed by atoms with Crippen molar-refractivity contribution in [2.45, 2.75) is 89.6 Å². The zero-order chi connectivity index (χ0) is 26.7. The zero-order valence-electron chi connectivity index (χ0n) is 23.2. The second-order valence-corrected chi connectivity index (χ2v) is 13.8. The van der Waals surface area contributed by atoms with Crippen LogP contribution in [0.1, 0.15) is 90.2 Å². The Morgan fingerprint density at radius 2 is 1.24 bits per heavy atom. The molecule has 2 aliphatic rings. The molecule has 1 aromatic carbocycles. The highest BCUT2D eigenvalue weighted by atomic mass is 32.2. The fourth-order valence-electron chi connectivity index (χ4n) is 5.52. The predicted molar refractivity (Wildman–Crippen MR) is 155 cm³/mol. The zero-order valence-corrected chi connectivity index (χ0v) is 24.0. The fraction of sp³-hybridized carbons (Fsp3) is 0.500. The number of fused-ring (bicyclic) bond motifs is 1. The average Bonchev–Trinajstić information content (AvgIpc) is 2.90. The van der Waals surface area contributed by atoms with Crippen molar-refractivity contribution in [1.82, 2.24) is 9.97 Å². The van der Waals surface area contributed by atoms with Gasteiger partial charge in [0, 0.05) is 12.4 Å². The molecule has 5 heteroatoms. The van der Waals surface area contributed by atoms with Crippen LogP contribution in [0.2, 0.25) is 0 Å². The minimum Gasteiger partial charge on any atom is -0.253 e. The Kier molecular flexibility index (Phi) is 8.52. The Morgan fingerprint density at radius 3 is 1.76 bits per heavy atom. The number of rotatable bonds is 9. The van der Waals surface area contributed by atoms with Crippen LogP contribution >= 0.6 is 0 Å². The van der Waals surface area contributed by atoms with Crippen molar-refractivity contribution in [3.05, 3.63) is 83.3 Å². The monoisotopic (exact) mass is 518 g/mol. The molecule has 0 bridgehead atoms. The molecule has 2 aliphatic carbocycles. The number of hydrogen-bond donors (Lipinski definition) is 0. The van der Waals surface area contributed by atoms with Gasteiger partial charge in [0.25, 0.3) is 0 Å². The summed E-state index contributed by atoms with van der Waals surface area (Å²) in [5.74, 6) is 1.58. The van der Waals surface area contributed by atoms with Crippen molar-refractivity contribution in [1.29, 1.82) is 0 Å². The van der Waals surface area contributed by atoms with Crippen LogP contribution in [-0.4, -0.2) is 28.9 Å². The molecule has 4 atom stereocenters. The van der Waals surface area contributed by atoms with Gasteiger partial charge in [0.1, 0.15) is 0 Å². The van der Waals surface area contributed by atoms with Crippen LogP contribution in [0.4, 0.5) is 0 Å². The molecule has 4 nitrogen and oxygen atoms in total. The molecule has 1 heterocycles. The lowest BCUT2D eigenvalue weighted by Gasteiger charge is -2.25. The van der Waals surface area contributed by atoms with E-state index in [2.05, 4.69) is 76.9 Å². The quantitative estimate of drug-likeness (QED) is 0.339. The summed E-state index contributed by atoms with van der Waals surface area (Å²) in [5, 5.41) is -0.853. The van der Waals surface area contributed by atoms with Crippen LogP contribution in [0, 0.1) is 11.8 Å². The van der Waals surface area contributed by atoms with Crippen LogP contribution in [0.15, 0.2) is 72.1 Å². The number of allylic oxidation sites excluding steroid dienone is 6. The third-order valence-electron chi connectivity index (χ3n) is 8.13. The number of benzene rings is 1. The number of hydrogen-bond acceptors (Lipinski definition) is 4. The van der Waals surface area contributed by atoms with Crippen molar-refractivity contribution in [2.24, 2.45) is 11.8 Å². The minimum absolute atomic E-state index is 0.367. The molecule has 0 N–H and O–H groups in total.